The Morgan fingerprint density at radius 2 is 1.73 bits per heavy atom. The second-order valence-electron chi connectivity index (χ2n) is 5.88. The van der Waals surface area contributed by atoms with E-state index >= 15 is 0 Å². The Balaban J connectivity index is 1.68. The molecule has 8 heteroatoms. The molecule has 3 rings (SSSR count). The summed E-state index contributed by atoms with van der Waals surface area (Å²) < 4.78 is 26.4. The van der Waals surface area contributed by atoms with Gasteiger partial charge in [0.1, 0.15) is 5.82 Å². The number of nitrogens with two attached hydrogens (primary N) is 1. The van der Waals surface area contributed by atoms with Gasteiger partial charge in [0.25, 0.3) is 5.91 Å². The first-order valence-corrected chi connectivity index (χ1v) is 9.71. The van der Waals surface area contributed by atoms with Gasteiger partial charge in [0, 0.05) is 37.8 Å². The highest BCUT2D eigenvalue weighted by Crippen LogP contribution is 2.20. The predicted octanol–water partition coefficient (Wildman–Crippen LogP) is 1.30. The summed E-state index contributed by atoms with van der Waals surface area (Å²) in [4.78, 5) is 17.7. The van der Waals surface area contributed by atoms with E-state index in [0.29, 0.717) is 37.6 Å². The summed E-state index contributed by atoms with van der Waals surface area (Å²) in [6, 6.07) is 12.5. The highest BCUT2D eigenvalue weighted by atomic mass is 32.2. The van der Waals surface area contributed by atoms with E-state index in [9.17, 15) is 13.2 Å². The third-order valence-electron chi connectivity index (χ3n) is 4.18. The number of amides is 1. The van der Waals surface area contributed by atoms with Crippen LogP contribution in [0.2, 0.25) is 0 Å². The van der Waals surface area contributed by atoms with Gasteiger partial charge in [0.2, 0.25) is 10.0 Å². The number of anilines is 1. The van der Waals surface area contributed by atoms with Gasteiger partial charge in [-0.15, -0.1) is 0 Å². The van der Waals surface area contributed by atoms with Crippen LogP contribution in [0.25, 0.3) is 6.08 Å². The minimum Gasteiger partial charge on any atom is -0.365 e. The lowest BCUT2D eigenvalue weighted by atomic mass is 10.2. The normalized spacial score (nSPS) is 16.1. The van der Waals surface area contributed by atoms with Gasteiger partial charge in [-0.3, -0.25) is 4.79 Å². The van der Waals surface area contributed by atoms with Crippen molar-refractivity contribution < 1.29 is 13.2 Å². The maximum Gasteiger partial charge on any atom is 0.252 e. The first kappa shape index (κ1) is 18.1. The van der Waals surface area contributed by atoms with E-state index in [1.165, 1.54) is 9.71 Å². The lowest BCUT2D eigenvalue weighted by Gasteiger charge is -2.34. The van der Waals surface area contributed by atoms with Crippen LogP contribution in [0.5, 0.6) is 0 Å². The highest BCUT2D eigenvalue weighted by Gasteiger charge is 2.27. The number of nitrogens with zero attached hydrogens (tertiary/aromatic N) is 3. The summed E-state index contributed by atoms with van der Waals surface area (Å²) in [6.07, 6.45) is 3.18. The number of hydrogen-bond donors (Lipinski definition) is 1. The molecule has 0 saturated carbocycles. The number of carbonyl (C=O) groups is 1. The Kier molecular flexibility index (Phi) is 5.34. The molecule has 0 unspecified atom stereocenters. The Hall–Kier alpha value is -2.71. The van der Waals surface area contributed by atoms with Gasteiger partial charge in [-0.25, -0.2) is 13.4 Å². The fourth-order valence-electron chi connectivity index (χ4n) is 2.81. The van der Waals surface area contributed by atoms with Gasteiger partial charge in [-0.2, -0.15) is 4.31 Å². The minimum absolute atomic E-state index is 0.316. The molecule has 1 fully saturated rings. The van der Waals surface area contributed by atoms with E-state index in [2.05, 4.69) is 4.98 Å². The molecule has 0 bridgehead atoms. The zero-order valence-corrected chi connectivity index (χ0v) is 15.0. The number of primary amides is 1. The van der Waals surface area contributed by atoms with E-state index in [0.717, 1.165) is 5.56 Å². The number of carbonyl (C=O) groups excluding carboxylic acids is 1. The third-order valence-corrected chi connectivity index (χ3v) is 5.75. The molecule has 1 aliphatic heterocycles. The summed E-state index contributed by atoms with van der Waals surface area (Å²) >= 11 is 0. The number of pyridine rings is 1. The molecular weight excluding hydrogens is 352 g/mol. The summed E-state index contributed by atoms with van der Waals surface area (Å²) in [7, 11) is -3.50. The highest BCUT2D eigenvalue weighted by molar-refractivity contribution is 7.92. The monoisotopic (exact) mass is 372 g/mol. The van der Waals surface area contributed by atoms with Crippen LogP contribution < -0.4 is 10.6 Å². The zero-order valence-electron chi connectivity index (χ0n) is 14.2. The number of hydrogen-bond acceptors (Lipinski definition) is 5. The Bertz CT molecular complexity index is 905. The summed E-state index contributed by atoms with van der Waals surface area (Å²) in [5.41, 5.74) is 6.56. The zero-order chi connectivity index (χ0) is 18.6. The Morgan fingerprint density at radius 3 is 2.38 bits per heavy atom. The molecule has 1 aromatic heterocycles. The predicted molar refractivity (Wildman–Crippen MR) is 101 cm³/mol. The third kappa shape index (κ3) is 4.09. The molecule has 0 spiro atoms. The van der Waals surface area contributed by atoms with Crippen molar-refractivity contribution >= 4 is 27.8 Å². The fraction of sp³-hybridized carbons (Fsp3) is 0.222. The van der Waals surface area contributed by atoms with Crippen molar-refractivity contribution in [3.8, 4) is 0 Å². The minimum atomic E-state index is -3.50. The van der Waals surface area contributed by atoms with Crippen LogP contribution in [0.15, 0.2) is 54.1 Å². The summed E-state index contributed by atoms with van der Waals surface area (Å²) in [6.45, 7) is 1.51. The largest absolute Gasteiger partial charge is 0.365 e. The van der Waals surface area contributed by atoms with Crippen molar-refractivity contribution in [1.29, 1.82) is 0 Å². The first-order valence-electron chi connectivity index (χ1n) is 8.20. The second kappa shape index (κ2) is 7.67. The molecule has 136 valence electrons. The topological polar surface area (TPSA) is 96.6 Å². The maximum absolute atomic E-state index is 12.5. The van der Waals surface area contributed by atoms with Gasteiger partial charge in [-0.1, -0.05) is 30.3 Å². The van der Waals surface area contributed by atoms with E-state index in [1.54, 1.807) is 24.4 Å². The van der Waals surface area contributed by atoms with E-state index < -0.39 is 15.9 Å². The second-order valence-corrected chi connectivity index (χ2v) is 7.70. The Labute approximate surface area is 152 Å². The van der Waals surface area contributed by atoms with Gasteiger partial charge in [-0.05, 0) is 23.8 Å². The van der Waals surface area contributed by atoms with Crippen LogP contribution >= 0.6 is 0 Å². The smallest absolute Gasteiger partial charge is 0.252 e. The van der Waals surface area contributed by atoms with Crippen LogP contribution in [0.3, 0.4) is 0 Å². The van der Waals surface area contributed by atoms with Crippen LogP contribution in [0, 0.1) is 0 Å². The molecule has 1 aromatic carbocycles. The van der Waals surface area contributed by atoms with Crippen molar-refractivity contribution in [3.05, 3.63) is 65.2 Å². The van der Waals surface area contributed by atoms with Crippen molar-refractivity contribution in [2.75, 3.05) is 31.1 Å². The van der Waals surface area contributed by atoms with Gasteiger partial charge < -0.3 is 10.6 Å². The van der Waals surface area contributed by atoms with Crippen molar-refractivity contribution in [1.82, 2.24) is 9.29 Å². The summed E-state index contributed by atoms with van der Waals surface area (Å²) in [5, 5.41) is 1.23. The molecule has 1 saturated heterocycles. The lowest BCUT2D eigenvalue weighted by Crippen LogP contribution is -2.48. The molecule has 26 heavy (non-hydrogen) atoms. The molecule has 1 amide bonds. The molecule has 1 aliphatic rings. The van der Waals surface area contributed by atoms with E-state index in [1.807, 2.05) is 35.2 Å². The van der Waals surface area contributed by atoms with Crippen molar-refractivity contribution in [2.45, 2.75) is 0 Å². The summed E-state index contributed by atoms with van der Waals surface area (Å²) in [5.74, 6) is -0.0502. The van der Waals surface area contributed by atoms with Crippen LogP contribution in [0.1, 0.15) is 15.9 Å². The van der Waals surface area contributed by atoms with Gasteiger partial charge in [0.15, 0.2) is 0 Å². The van der Waals surface area contributed by atoms with E-state index in [-0.39, 0.29) is 0 Å². The molecular formula is C18H20N4O3S. The number of benzene rings is 1. The fourth-order valence-corrected chi connectivity index (χ4v) is 3.98. The molecule has 2 heterocycles. The molecule has 0 radical (unpaired) electrons. The molecule has 2 aromatic rings. The number of piperazine rings is 1. The van der Waals surface area contributed by atoms with Gasteiger partial charge in [0.05, 0.1) is 5.56 Å². The molecule has 0 atom stereocenters. The molecule has 7 nitrogen and oxygen atoms in total. The number of aromatic nitrogens is 1. The van der Waals surface area contributed by atoms with Crippen molar-refractivity contribution in [2.24, 2.45) is 5.73 Å². The van der Waals surface area contributed by atoms with Crippen LogP contribution in [-0.4, -0.2) is 49.8 Å². The van der Waals surface area contributed by atoms with Crippen molar-refractivity contribution in [3.63, 3.8) is 0 Å². The standard InChI is InChI=1S/C18H20N4O3S/c19-17(23)16-7-4-9-20-18(16)21-10-12-22(13-11-21)26(24,25)14-8-15-5-2-1-3-6-15/h1-9,14H,10-13H2,(H2,19,23)/b14-8+. The Morgan fingerprint density at radius 1 is 1.04 bits per heavy atom. The van der Waals surface area contributed by atoms with Crippen LogP contribution in [0.4, 0.5) is 5.82 Å². The number of rotatable bonds is 5. The van der Waals surface area contributed by atoms with Gasteiger partial charge >= 0.3 is 0 Å². The van der Waals surface area contributed by atoms with Crippen LogP contribution in [-0.2, 0) is 10.0 Å². The molecule has 2 N–H and O–H groups in total. The average molecular weight is 372 g/mol. The first-order chi connectivity index (χ1) is 12.5. The number of sulfonamides is 1. The SMILES string of the molecule is NC(=O)c1cccnc1N1CCN(S(=O)(=O)/C=C/c2ccccc2)CC1. The quantitative estimate of drug-likeness (QED) is 0.853. The maximum atomic E-state index is 12.5. The molecule has 0 aliphatic carbocycles. The lowest BCUT2D eigenvalue weighted by molar-refractivity contribution is 0.100. The average Bonchev–Trinajstić information content (AvgIpc) is 2.67. The van der Waals surface area contributed by atoms with E-state index in [4.69, 9.17) is 5.73 Å².